The van der Waals surface area contributed by atoms with Gasteiger partial charge in [-0.2, -0.15) is 0 Å². The van der Waals surface area contributed by atoms with E-state index in [4.69, 9.17) is 4.42 Å². The van der Waals surface area contributed by atoms with E-state index >= 15 is 0 Å². The molecule has 1 heterocycles. The summed E-state index contributed by atoms with van der Waals surface area (Å²) in [4.78, 5) is 11.8. The molecule has 1 aromatic heterocycles. The van der Waals surface area contributed by atoms with Gasteiger partial charge in [0.05, 0.1) is 11.7 Å². The Labute approximate surface area is 114 Å². The smallest absolute Gasteiger partial charge is 0.314 e. The summed E-state index contributed by atoms with van der Waals surface area (Å²) in [5, 5.41) is 9.87. The zero-order valence-corrected chi connectivity index (χ0v) is 10.8. The van der Waals surface area contributed by atoms with Crippen molar-refractivity contribution in [2.75, 3.05) is 0 Å². The van der Waals surface area contributed by atoms with Gasteiger partial charge in [-0.1, -0.05) is 19.3 Å². The minimum absolute atomic E-state index is 0.0647. The number of carboxylic acid groups (broad SMARTS) is 1. The van der Waals surface area contributed by atoms with Gasteiger partial charge in [0.25, 0.3) is 0 Å². The Balaban J connectivity index is 2.31. The maximum absolute atomic E-state index is 14.3. The molecule has 0 bridgehead atoms. The fourth-order valence-electron chi connectivity index (χ4n) is 3.28. The van der Waals surface area contributed by atoms with Crippen LogP contribution in [0.5, 0.6) is 0 Å². The third-order valence-corrected chi connectivity index (χ3v) is 4.24. The van der Waals surface area contributed by atoms with Gasteiger partial charge in [0.1, 0.15) is 5.82 Å². The van der Waals surface area contributed by atoms with Gasteiger partial charge >= 0.3 is 5.97 Å². The average molecular weight is 280 g/mol. The second-order valence-corrected chi connectivity index (χ2v) is 5.33. The van der Waals surface area contributed by atoms with Crippen molar-refractivity contribution in [2.45, 2.75) is 37.5 Å². The fraction of sp³-hybridized carbons (Fsp3) is 0.400. The highest BCUT2D eigenvalue weighted by Crippen LogP contribution is 2.44. The zero-order valence-electron chi connectivity index (χ0n) is 10.8. The number of furan rings is 1. The topological polar surface area (TPSA) is 50.4 Å². The third kappa shape index (κ3) is 1.72. The first-order valence-corrected chi connectivity index (χ1v) is 6.65. The molecule has 0 radical (unpaired) electrons. The van der Waals surface area contributed by atoms with Gasteiger partial charge in [-0.15, -0.1) is 0 Å². The molecule has 1 N–H and O–H groups in total. The Morgan fingerprint density at radius 1 is 1.20 bits per heavy atom. The SMILES string of the molecule is O=C(O)C1(c2c(F)cc(F)c3occc23)CCCCC1. The summed E-state index contributed by atoms with van der Waals surface area (Å²) in [6.07, 6.45) is 4.38. The van der Waals surface area contributed by atoms with Crippen molar-refractivity contribution in [2.24, 2.45) is 0 Å². The molecule has 20 heavy (non-hydrogen) atoms. The number of halogens is 2. The lowest BCUT2D eigenvalue weighted by atomic mass is 9.68. The molecule has 3 nitrogen and oxygen atoms in total. The average Bonchev–Trinajstić information content (AvgIpc) is 2.89. The summed E-state index contributed by atoms with van der Waals surface area (Å²) >= 11 is 0. The molecule has 2 aromatic rings. The zero-order chi connectivity index (χ0) is 14.3. The van der Waals surface area contributed by atoms with Crippen LogP contribution in [0.3, 0.4) is 0 Å². The highest BCUT2D eigenvalue weighted by molar-refractivity contribution is 5.91. The van der Waals surface area contributed by atoms with Crippen LogP contribution in [0.2, 0.25) is 0 Å². The van der Waals surface area contributed by atoms with E-state index in [-0.39, 0.29) is 16.5 Å². The largest absolute Gasteiger partial charge is 0.481 e. The third-order valence-electron chi connectivity index (χ3n) is 4.24. The van der Waals surface area contributed by atoms with Gasteiger partial charge in [0.15, 0.2) is 11.4 Å². The van der Waals surface area contributed by atoms with E-state index in [1.54, 1.807) is 0 Å². The molecule has 3 rings (SSSR count). The number of hydrogen-bond acceptors (Lipinski definition) is 2. The van der Waals surface area contributed by atoms with Gasteiger partial charge in [0, 0.05) is 17.0 Å². The molecule has 0 unspecified atom stereocenters. The molecule has 0 atom stereocenters. The van der Waals surface area contributed by atoms with E-state index < -0.39 is 23.0 Å². The fourth-order valence-corrected chi connectivity index (χ4v) is 3.28. The minimum Gasteiger partial charge on any atom is -0.481 e. The molecular weight excluding hydrogens is 266 g/mol. The van der Waals surface area contributed by atoms with E-state index in [9.17, 15) is 18.7 Å². The number of hydrogen-bond donors (Lipinski definition) is 1. The van der Waals surface area contributed by atoms with E-state index in [2.05, 4.69) is 0 Å². The van der Waals surface area contributed by atoms with Crippen LogP contribution in [0.1, 0.15) is 37.7 Å². The van der Waals surface area contributed by atoms with Crippen LogP contribution in [-0.2, 0) is 10.2 Å². The van der Waals surface area contributed by atoms with Crippen molar-refractivity contribution in [3.05, 3.63) is 35.6 Å². The number of carbonyl (C=O) groups is 1. The lowest BCUT2D eigenvalue weighted by Crippen LogP contribution is -2.38. The molecule has 0 spiro atoms. The van der Waals surface area contributed by atoms with Crippen LogP contribution in [0, 0.1) is 11.6 Å². The van der Waals surface area contributed by atoms with Gasteiger partial charge in [-0.05, 0) is 18.9 Å². The number of fused-ring (bicyclic) bond motifs is 1. The quantitative estimate of drug-likeness (QED) is 0.904. The van der Waals surface area contributed by atoms with Gasteiger partial charge in [-0.25, -0.2) is 8.78 Å². The number of aliphatic carboxylic acids is 1. The number of benzene rings is 1. The van der Waals surface area contributed by atoms with E-state index in [1.165, 1.54) is 12.3 Å². The van der Waals surface area contributed by atoms with Crippen molar-refractivity contribution in [3.63, 3.8) is 0 Å². The van der Waals surface area contributed by atoms with Crippen LogP contribution in [0.4, 0.5) is 8.78 Å². The van der Waals surface area contributed by atoms with E-state index in [0.717, 1.165) is 25.3 Å². The minimum atomic E-state index is -1.28. The van der Waals surface area contributed by atoms with Gasteiger partial charge in [-0.3, -0.25) is 4.79 Å². The molecule has 5 heteroatoms. The lowest BCUT2D eigenvalue weighted by molar-refractivity contribution is -0.145. The molecule has 0 amide bonds. The molecule has 1 fully saturated rings. The molecule has 0 saturated heterocycles. The molecule has 0 aliphatic heterocycles. The summed E-state index contributed by atoms with van der Waals surface area (Å²) < 4.78 is 33.0. The molecular formula is C15H14F2O3. The molecule has 1 aromatic carbocycles. The normalized spacial score (nSPS) is 18.3. The monoisotopic (exact) mass is 280 g/mol. The number of carboxylic acids is 1. The van der Waals surface area contributed by atoms with E-state index in [1.807, 2.05) is 0 Å². The highest BCUT2D eigenvalue weighted by Gasteiger charge is 2.44. The van der Waals surface area contributed by atoms with Crippen LogP contribution in [0.15, 0.2) is 22.8 Å². The maximum Gasteiger partial charge on any atom is 0.314 e. The van der Waals surface area contributed by atoms with Gasteiger partial charge < -0.3 is 9.52 Å². The summed E-state index contributed by atoms with van der Waals surface area (Å²) in [6.45, 7) is 0. The van der Waals surface area contributed by atoms with Gasteiger partial charge in [0.2, 0.25) is 0 Å². The Hall–Kier alpha value is -1.91. The van der Waals surface area contributed by atoms with Crippen molar-refractivity contribution in [1.82, 2.24) is 0 Å². The summed E-state index contributed by atoms with van der Waals surface area (Å²) in [6, 6.07) is 2.16. The Bertz CT molecular complexity index is 669. The Morgan fingerprint density at radius 2 is 1.90 bits per heavy atom. The molecule has 1 aliphatic carbocycles. The standard InChI is InChI=1S/C15H14F2O3/c16-10-8-11(17)13-9(4-7-20-13)12(10)15(14(18)19)5-2-1-3-6-15/h4,7-8H,1-3,5-6H2,(H,18,19). The predicted octanol–water partition coefficient (Wildman–Crippen LogP) is 4.00. The van der Waals surface area contributed by atoms with Crippen LogP contribution < -0.4 is 0 Å². The molecule has 1 saturated carbocycles. The maximum atomic E-state index is 14.3. The lowest BCUT2D eigenvalue weighted by Gasteiger charge is -2.34. The van der Waals surface area contributed by atoms with Crippen molar-refractivity contribution in [1.29, 1.82) is 0 Å². The molecule has 1 aliphatic rings. The first-order chi connectivity index (χ1) is 9.56. The first-order valence-electron chi connectivity index (χ1n) is 6.65. The Kier molecular flexibility index (Phi) is 3.00. The van der Waals surface area contributed by atoms with Crippen molar-refractivity contribution >= 4 is 16.9 Å². The summed E-state index contributed by atoms with van der Waals surface area (Å²) in [5.74, 6) is -2.66. The Morgan fingerprint density at radius 3 is 2.55 bits per heavy atom. The predicted molar refractivity (Wildman–Crippen MR) is 68.5 cm³/mol. The van der Waals surface area contributed by atoms with Crippen LogP contribution in [0.25, 0.3) is 11.0 Å². The second kappa shape index (κ2) is 4.58. The van der Waals surface area contributed by atoms with Crippen molar-refractivity contribution < 1.29 is 23.1 Å². The summed E-state index contributed by atoms with van der Waals surface area (Å²) in [5.41, 5.74) is -1.29. The number of rotatable bonds is 2. The van der Waals surface area contributed by atoms with E-state index in [0.29, 0.717) is 12.8 Å². The first kappa shape index (κ1) is 13.1. The van der Waals surface area contributed by atoms with Crippen molar-refractivity contribution in [3.8, 4) is 0 Å². The summed E-state index contributed by atoms with van der Waals surface area (Å²) in [7, 11) is 0. The van der Waals surface area contributed by atoms with Crippen LogP contribution >= 0.6 is 0 Å². The second-order valence-electron chi connectivity index (χ2n) is 5.33. The molecule has 106 valence electrons. The highest BCUT2D eigenvalue weighted by atomic mass is 19.1. The van der Waals surface area contributed by atoms with Crippen LogP contribution in [-0.4, -0.2) is 11.1 Å².